The lowest BCUT2D eigenvalue weighted by Gasteiger charge is -2.26. The van der Waals surface area contributed by atoms with Crippen LogP contribution in [0.5, 0.6) is 5.75 Å². The molecule has 0 spiro atoms. The summed E-state index contributed by atoms with van der Waals surface area (Å²) in [7, 11) is 0. The largest absolute Gasteiger partial charge is 0.494 e. The van der Waals surface area contributed by atoms with Gasteiger partial charge in [0.25, 0.3) is 0 Å². The Kier molecular flexibility index (Phi) is 7.87. The molecule has 0 bridgehead atoms. The number of rotatable bonds is 8. The molecular weight excluding hydrogens is 427 g/mol. The Morgan fingerprint density at radius 3 is 2.39 bits per heavy atom. The van der Waals surface area contributed by atoms with Crippen LogP contribution in [0.25, 0.3) is 0 Å². The lowest BCUT2D eigenvalue weighted by molar-refractivity contribution is -0.132. The normalized spacial score (nSPS) is 13.4. The number of nitrogens with zero attached hydrogens (tertiary/aromatic N) is 3. The standard InChI is InChI=1S/C24H29FN4O4/c1-4-33-21-11-7-19(8-12-21)26-24(32)27(13-17(2)3)14-22(30)28-15-23(31)29(16-28)20-9-5-18(25)6-10-20/h5-12,17H,4,13-16H2,1-3H3,(H,26,32). The second kappa shape index (κ2) is 10.8. The van der Waals surface area contributed by atoms with Gasteiger partial charge >= 0.3 is 6.03 Å². The minimum atomic E-state index is -0.402. The number of halogens is 1. The number of carbonyl (C=O) groups is 3. The molecule has 8 nitrogen and oxygen atoms in total. The first-order chi connectivity index (χ1) is 15.8. The zero-order chi connectivity index (χ0) is 24.0. The van der Waals surface area contributed by atoms with Gasteiger partial charge in [-0.1, -0.05) is 13.8 Å². The molecule has 0 atom stereocenters. The highest BCUT2D eigenvalue weighted by molar-refractivity contribution is 6.01. The highest BCUT2D eigenvalue weighted by Crippen LogP contribution is 2.20. The van der Waals surface area contributed by atoms with Crippen molar-refractivity contribution in [1.82, 2.24) is 9.80 Å². The number of amides is 4. The molecule has 0 aromatic heterocycles. The molecule has 1 N–H and O–H groups in total. The molecule has 3 rings (SSSR count). The van der Waals surface area contributed by atoms with E-state index in [0.29, 0.717) is 30.3 Å². The third kappa shape index (κ3) is 6.44. The molecule has 33 heavy (non-hydrogen) atoms. The number of urea groups is 1. The molecule has 0 saturated carbocycles. The Bertz CT molecular complexity index is 979. The van der Waals surface area contributed by atoms with Gasteiger partial charge in [0.1, 0.15) is 31.3 Å². The van der Waals surface area contributed by atoms with Crippen molar-refractivity contribution in [2.45, 2.75) is 20.8 Å². The Hall–Kier alpha value is -3.62. The van der Waals surface area contributed by atoms with Gasteiger partial charge in [-0.25, -0.2) is 9.18 Å². The quantitative estimate of drug-likeness (QED) is 0.659. The molecule has 1 aliphatic heterocycles. The molecule has 176 valence electrons. The Balaban J connectivity index is 1.64. The van der Waals surface area contributed by atoms with Gasteiger partial charge in [0.2, 0.25) is 11.8 Å². The van der Waals surface area contributed by atoms with Crippen LogP contribution >= 0.6 is 0 Å². The average Bonchev–Trinajstić information content (AvgIpc) is 3.17. The van der Waals surface area contributed by atoms with Crippen molar-refractivity contribution in [3.05, 3.63) is 54.3 Å². The first kappa shape index (κ1) is 24.0. The van der Waals surface area contributed by atoms with Crippen LogP contribution in [-0.4, -0.2) is 60.6 Å². The minimum absolute atomic E-state index is 0.0549. The second-order valence-electron chi connectivity index (χ2n) is 8.19. The molecule has 1 heterocycles. The van der Waals surface area contributed by atoms with Crippen LogP contribution in [0.4, 0.5) is 20.6 Å². The summed E-state index contributed by atoms with van der Waals surface area (Å²) in [4.78, 5) is 42.5. The van der Waals surface area contributed by atoms with Crippen molar-refractivity contribution in [2.24, 2.45) is 5.92 Å². The molecule has 4 amide bonds. The fourth-order valence-electron chi connectivity index (χ4n) is 3.49. The summed E-state index contributed by atoms with van der Waals surface area (Å²) in [6.45, 7) is 6.53. The zero-order valence-electron chi connectivity index (χ0n) is 19.1. The number of anilines is 2. The molecule has 1 saturated heterocycles. The predicted octanol–water partition coefficient (Wildman–Crippen LogP) is 3.55. The Labute approximate surface area is 192 Å². The maximum absolute atomic E-state index is 13.2. The van der Waals surface area contributed by atoms with E-state index in [1.54, 1.807) is 24.3 Å². The van der Waals surface area contributed by atoms with Gasteiger partial charge in [0.15, 0.2) is 0 Å². The summed E-state index contributed by atoms with van der Waals surface area (Å²) in [5.41, 5.74) is 1.10. The van der Waals surface area contributed by atoms with Crippen LogP contribution < -0.4 is 15.0 Å². The van der Waals surface area contributed by atoms with Gasteiger partial charge in [-0.3, -0.25) is 14.5 Å². The van der Waals surface area contributed by atoms with Gasteiger partial charge in [-0.15, -0.1) is 0 Å². The number of nitrogens with one attached hydrogen (secondary N) is 1. The number of ether oxygens (including phenoxy) is 1. The van der Waals surface area contributed by atoms with Crippen molar-refractivity contribution in [1.29, 1.82) is 0 Å². The van der Waals surface area contributed by atoms with Crippen LogP contribution in [0.2, 0.25) is 0 Å². The maximum atomic E-state index is 13.2. The third-order valence-electron chi connectivity index (χ3n) is 5.05. The first-order valence-corrected chi connectivity index (χ1v) is 10.9. The average molecular weight is 457 g/mol. The van der Waals surface area contributed by atoms with Gasteiger partial charge in [0.05, 0.1) is 6.61 Å². The molecule has 0 radical (unpaired) electrons. The summed E-state index contributed by atoms with van der Waals surface area (Å²) in [6, 6.07) is 12.1. The number of hydrogen-bond acceptors (Lipinski definition) is 4. The monoisotopic (exact) mass is 456 g/mol. The van der Waals surface area contributed by atoms with Crippen molar-refractivity contribution in [3.8, 4) is 5.75 Å². The van der Waals surface area contributed by atoms with E-state index in [1.807, 2.05) is 20.8 Å². The zero-order valence-corrected chi connectivity index (χ0v) is 19.1. The number of benzene rings is 2. The summed E-state index contributed by atoms with van der Waals surface area (Å²) < 4.78 is 18.6. The van der Waals surface area contributed by atoms with E-state index in [4.69, 9.17) is 4.74 Å². The van der Waals surface area contributed by atoms with Gasteiger partial charge in [-0.05, 0) is 61.4 Å². The van der Waals surface area contributed by atoms with Crippen molar-refractivity contribution < 1.29 is 23.5 Å². The van der Waals surface area contributed by atoms with Crippen LogP contribution in [0.1, 0.15) is 20.8 Å². The van der Waals surface area contributed by atoms with E-state index >= 15 is 0 Å². The van der Waals surface area contributed by atoms with E-state index in [0.717, 1.165) is 0 Å². The number of carbonyl (C=O) groups excluding carboxylic acids is 3. The van der Waals surface area contributed by atoms with E-state index in [2.05, 4.69) is 5.32 Å². The maximum Gasteiger partial charge on any atom is 0.322 e. The van der Waals surface area contributed by atoms with Gasteiger partial charge < -0.3 is 19.9 Å². The summed E-state index contributed by atoms with van der Waals surface area (Å²) >= 11 is 0. The molecule has 1 fully saturated rings. The molecule has 0 unspecified atom stereocenters. The number of hydrogen-bond donors (Lipinski definition) is 1. The van der Waals surface area contributed by atoms with Crippen LogP contribution in [0, 0.1) is 11.7 Å². The lowest BCUT2D eigenvalue weighted by atomic mass is 10.2. The summed E-state index contributed by atoms with van der Waals surface area (Å²) in [5, 5.41) is 2.81. The molecule has 9 heteroatoms. The van der Waals surface area contributed by atoms with E-state index in [-0.39, 0.29) is 37.5 Å². The molecule has 0 aliphatic carbocycles. The van der Waals surface area contributed by atoms with Crippen molar-refractivity contribution >= 4 is 29.2 Å². The molecule has 2 aromatic rings. The SMILES string of the molecule is CCOc1ccc(NC(=O)N(CC(=O)N2CC(=O)N(c3ccc(F)cc3)C2)CC(C)C)cc1. The van der Waals surface area contributed by atoms with Crippen LogP contribution in [-0.2, 0) is 9.59 Å². The predicted molar refractivity (Wildman–Crippen MR) is 124 cm³/mol. The smallest absolute Gasteiger partial charge is 0.322 e. The molecular formula is C24H29FN4O4. The lowest BCUT2D eigenvalue weighted by Crippen LogP contribution is -2.45. The van der Waals surface area contributed by atoms with Crippen LogP contribution in [0.3, 0.4) is 0 Å². The van der Waals surface area contributed by atoms with E-state index in [9.17, 15) is 18.8 Å². The van der Waals surface area contributed by atoms with Crippen molar-refractivity contribution in [3.63, 3.8) is 0 Å². The highest BCUT2D eigenvalue weighted by atomic mass is 19.1. The minimum Gasteiger partial charge on any atom is -0.494 e. The second-order valence-corrected chi connectivity index (χ2v) is 8.19. The van der Waals surface area contributed by atoms with Gasteiger partial charge in [-0.2, -0.15) is 0 Å². The topological polar surface area (TPSA) is 82.2 Å². The summed E-state index contributed by atoms with van der Waals surface area (Å²) in [5.74, 6) is -0.158. The van der Waals surface area contributed by atoms with E-state index in [1.165, 1.54) is 39.0 Å². The summed E-state index contributed by atoms with van der Waals surface area (Å²) in [6.07, 6.45) is 0. The van der Waals surface area contributed by atoms with Crippen molar-refractivity contribution in [2.75, 3.05) is 43.1 Å². The Morgan fingerprint density at radius 2 is 1.79 bits per heavy atom. The van der Waals surface area contributed by atoms with E-state index < -0.39 is 11.8 Å². The van der Waals surface area contributed by atoms with Crippen LogP contribution in [0.15, 0.2) is 48.5 Å². The first-order valence-electron chi connectivity index (χ1n) is 10.9. The molecule has 2 aromatic carbocycles. The van der Waals surface area contributed by atoms with Gasteiger partial charge in [0, 0.05) is 17.9 Å². The Morgan fingerprint density at radius 1 is 1.12 bits per heavy atom. The molecule has 1 aliphatic rings. The third-order valence-corrected chi connectivity index (χ3v) is 5.05. The fraction of sp³-hybridized carbons (Fsp3) is 0.375. The highest BCUT2D eigenvalue weighted by Gasteiger charge is 2.33. The fourth-order valence-corrected chi connectivity index (χ4v) is 3.49.